The van der Waals surface area contributed by atoms with Crippen molar-refractivity contribution >= 4 is 5.78 Å². The van der Waals surface area contributed by atoms with E-state index in [1.165, 1.54) is 43.3 Å². The number of ketones is 1. The Hall–Kier alpha value is -0.890. The lowest BCUT2D eigenvalue weighted by molar-refractivity contribution is -0.125. The molecule has 2 nitrogen and oxygen atoms in total. The summed E-state index contributed by atoms with van der Waals surface area (Å²) < 4.78 is 6.46. The van der Waals surface area contributed by atoms with Gasteiger partial charge < -0.3 is 4.74 Å². The monoisotopic (exact) mass is 340 g/mol. The van der Waals surface area contributed by atoms with E-state index in [9.17, 15) is 4.79 Å². The van der Waals surface area contributed by atoms with Crippen molar-refractivity contribution in [3.63, 3.8) is 0 Å². The average molecular weight is 341 g/mol. The molecule has 136 valence electrons. The number of hydrogen-bond acceptors (Lipinski definition) is 2. The summed E-state index contributed by atoms with van der Waals surface area (Å²) >= 11 is 0. The first-order valence-electron chi connectivity index (χ1n) is 10.5. The smallest absolute Gasteiger partial charge is 0.155 e. The minimum atomic E-state index is -0.0256. The first-order chi connectivity index (χ1) is 11.9. The fraction of sp³-hybridized carbons (Fsp3) is 0.783. The maximum atomic E-state index is 12.0. The molecule has 0 aromatic carbocycles. The van der Waals surface area contributed by atoms with Gasteiger partial charge >= 0.3 is 0 Å². The normalized spacial score (nSPS) is 51.9. The van der Waals surface area contributed by atoms with Crippen LogP contribution in [0.2, 0.25) is 0 Å². The topological polar surface area (TPSA) is 26.3 Å². The van der Waals surface area contributed by atoms with Gasteiger partial charge in [-0.05, 0) is 86.2 Å². The molecule has 5 aliphatic rings. The van der Waals surface area contributed by atoms with Gasteiger partial charge in [0.05, 0.1) is 12.2 Å². The van der Waals surface area contributed by atoms with E-state index in [4.69, 9.17) is 4.74 Å². The highest BCUT2D eigenvalue weighted by atomic mass is 16.5. The molecule has 4 fully saturated rings. The second-order valence-corrected chi connectivity index (χ2v) is 9.99. The Morgan fingerprint density at radius 3 is 2.60 bits per heavy atom. The molecule has 3 saturated carbocycles. The van der Waals surface area contributed by atoms with Gasteiger partial charge in [0.25, 0.3) is 0 Å². The van der Waals surface area contributed by atoms with Crippen LogP contribution in [-0.4, -0.2) is 18.0 Å². The van der Waals surface area contributed by atoms with Crippen LogP contribution in [0.3, 0.4) is 0 Å². The SMILES string of the molecule is C=C1CCO[C@@]12CC[C@H]1[C@@H]3CCC4=CC(=O)CC[C@]4(C)[C@H]3CC[C@@]12C. The Balaban J connectivity index is 1.51. The number of allylic oxidation sites excluding steroid dienone is 1. The van der Waals surface area contributed by atoms with Gasteiger partial charge in [-0.15, -0.1) is 0 Å². The largest absolute Gasteiger partial charge is 0.370 e. The minimum absolute atomic E-state index is 0.0256. The van der Waals surface area contributed by atoms with Crippen LogP contribution in [0.4, 0.5) is 0 Å². The second kappa shape index (κ2) is 5.09. The van der Waals surface area contributed by atoms with Crippen molar-refractivity contribution in [1.29, 1.82) is 0 Å². The van der Waals surface area contributed by atoms with E-state index in [1.807, 2.05) is 6.08 Å². The molecule has 0 bridgehead atoms. The van der Waals surface area contributed by atoms with Gasteiger partial charge in [-0.1, -0.05) is 26.0 Å². The Labute approximate surface area is 152 Å². The van der Waals surface area contributed by atoms with Crippen molar-refractivity contribution in [2.24, 2.45) is 28.6 Å². The molecule has 1 aliphatic heterocycles. The minimum Gasteiger partial charge on any atom is -0.370 e. The number of hydrogen-bond donors (Lipinski definition) is 0. The second-order valence-electron chi connectivity index (χ2n) is 9.99. The summed E-state index contributed by atoms with van der Waals surface area (Å²) in [6.07, 6.45) is 12.4. The number of rotatable bonds is 0. The summed E-state index contributed by atoms with van der Waals surface area (Å²) in [6, 6.07) is 0. The average Bonchev–Trinajstić information content (AvgIpc) is 3.10. The van der Waals surface area contributed by atoms with Crippen molar-refractivity contribution < 1.29 is 9.53 Å². The van der Waals surface area contributed by atoms with E-state index in [0.717, 1.165) is 50.0 Å². The molecular formula is C23H32O2. The molecule has 1 spiro atoms. The third-order valence-corrected chi connectivity index (χ3v) is 9.40. The number of carbonyl (C=O) groups is 1. The van der Waals surface area contributed by atoms with Crippen LogP contribution in [0.5, 0.6) is 0 Å². The zero-order chi connectivity index (χ0) is 17.4. The predicted molar refractivity (Wildman–Crippen MR) is 99.2 cm³/mol. The van der Waals surface area contributed by atoms with E-state index in [2.05, 4.69) is 20.4 Å². The van der Waals surface area contributed by atoms with E-state index < -0.39 is 0 Å². The molecule has 0 N–H and O–H groups in total. The standard InChI is InChI=1S/C23H32O2/c1-15-9-13-25-23(15)12-8-20-18-5-4-16-14-17(24)6-10-21(16,2)19(18)7-11-22(20,23)3/h14,18-20H,1,4-13H2,2-3H3/t18-,19+,20+,21+,22+,23+/m1/s1. The van der Waals surface area contributed by atoms with Crippen LogP contribution in [0.1, 0.15) is 71.6 Å². The van der Waals surface area contributed by atoms with E-state index >= 15 is 0 Å². The van der Waals surface area contributed by atoms with Crippen molar-refractivity contribution in [1.82, 2.24) is 0 Å². The Kier molecular flexibility index (Phi) is 3.32. The number of carbonyl (C=O) groups excluding carboxylic acids is 1. The quantitative estimate of drug-likeness (QED) is 0.564. The molecule has 2 heteroatoms. The predicted octanol–water partition coefficient (Wildman–Crippen LogP) is 5.23. The van der Waals surface area contributed by atoms with E-state index in [0.29, 0.717) is 5.78 Å². The fourth-order valence-corrected chi connectivity index (χ4v) is 8.03. The molecule has 0 radical (unpaired) electrons. The summed E-state index contributed by atoms with van der Waals surface area (Å²) in [5.74, 6) is 2.72. The van der Waals surface area contributed by atoms with Crippen LogP contribution in [0, 0.1) is 28.6 Å². The lowest BCUT2D eigenvalue weighted by Crippen LogP contribution is -2.55. The molecule has 6 atom stereocenters. The number of ether oxygens (including phenoxy) is 1. The molecular weight excluding hydrogens is 308 g/mol. The van der Waals surface area contributed by atoms with E-state index in [-0.39, 0.29) is 16.4 Å². The van der Waals surface area contributed by atoms with Crippen molar-refractivity contribution in [3.05, 3.63) is 23.8 Å². The molecule has 0 aromatic rings. The highest BCUT2D eigenvalue weighted by Gasteiger charge is 2.66. The molecule has 25 heavy (non-hydrogen) atoms. The fourth-order valence-electron chi connectivity index (χ4n) is 8.03. The van der Waals surface area contributed by atoms with Crippen LogP contribution in [0.25, 0.3) is 0 Å². The summed E-state index contributed by atoms with van der Waals surface area (Å²) in [4.78, 5) is 12.0. The molecule has 0 aromatic heterocycles. The summed E-state index contributed by atoms with van der Waals surface area (Å²) in [5.41, 5.74) is 3.39. The Morgan fingerprint density at radius 1 is 1.04 bits per heavy atom. The third-order valence-electron chi connectivity index (χ3n) is 9.40. The van der Waals surface area contributed by atoms with Gasteiger partial charge in [-0.2, -0.15) is 0 Å². The highest BCUT2D eigenvalue weighted by Crippen LogP contribution is 2.70. The third kappa shape index (κ3) is 1.88. The van der Waals surface area contributed by atoms with E-state index in [1.54, 1.807) is 0 Å². The molecule has 0 unspecified atom stereocenters. The number of fused-ring (bicyclic) bond motifs is 6. The summed E-state index contributed by atoms with van der Waals surface area (Å²) in [5, 5.41) is 0. The molecule has 5 rings (SSSR count). The van der Waals surface area contributed by atoms with Crippen molar-refractivity contribution in [2.45, 2.75) is 77.2 Å². The highest BCUT2D eigenvalue weighted by molar-refractivity contribution is 5.91. The summed E-state index contributed by atoms with van der Waals surface area (Å²) in [6.45, 7) is 10.3. The van der Waals surface area contributed by atoms with Gasteiger partial charge in [0.15, 0.2) is 5.78 Å². The maximum Gasteiger partial charge on any atom is 0.155 e. The lowest BCUT2D eigenvalue weighted by Gasteiger charge is -2.59. The van der Waals surface area contributed by atoms with Crippen molar-refractivity contribution in [3.8, 4) is 0 Å². The first kappa shape index (κ1) is 16.3. The van der Waals surface area contributed by atoms with Crippen LogP contribution < -0.4 is 0 Å². The van der Waals surface area contributed by atoms with Crippen LogP contribution >= 0.6 is 0 Å². The summed E-state index contributed by atoms with van der Waals surface area (Å²) in [7, 11) is 0. The molecule has 0 amide bonds. The zero-order valence-electron chi connectivity index (χ0n) is 15.9. The van der Waals surface area contributed by atoms with Gasteiger partial charge in [0.1, 0.15) is 0 Å². The van der Waals surface area contributed by atoms with Crippen molar-refractivity contribution in [2.75, 3.05) is 6.61 Å². The first-order valence-corrected chi connectivity index (χ1v) is 10.5. The van der Waals surface area contributed by atoms with Gasteiger partial charge in [-0.3, -0.25) is 4.79 Å². The Morgan fingerprint density at radius 2 is 1.84 bits per heavy atom. The van der Waals surface area contributed by atoms with Gasteiger partial charge in [-0.25, -0.2) is 0 Å². The lowest BCUT2D eigenvalue weighted by atomic mass is 9.46. The zero-order valence-corrected chi connectivity index (χ0v) is 15.9. The van der Waals surface area contributed by atoms with Crippen LogP contribution in [-0.2, 0) is 9.53 Å². The molecule has 4 aliphatic carbocycles. The maximum absolute atomic E-state index is 12.0. The van der Waals surface area contributed by atoms with Gasteiger partial charge in [0, 0.05) is 11.8 Å². The Bertz CT molecular complexity index is 676. The molecule has 1 saturated heterocycles. The van der Waals surface area contributed by atoms with Crippen LogP contribution in [0.15, 0.2) is 23.8 Å². The van der Waals surface area contributed by atoms with Gasteiger partial charge in [0.2, 0.25) is 0 Å². The molecule has 1 heterocycles.